The zero-order chi connectivity index (χ0) is 14.5. The Labute approximate surface area is 126 Å². The zero-order valence-corrected chi connectivity index (χ0v) is 12.5. The zero-order valence-electron chi connectivity index (χ0n) is 12.5. The summed E-state index contributed by atoms with van der Waals surface area (Å²) in [7, 11) is 0. The van der Waals surface area contributed by atoms with E-state index in [9.17, 15) is 0 Å². The highest BCUT2D eigenvalue weighted by Gasteiger charge is 2.03. The number of benzene rings is 2. The molecule has 105 valence electrons. The van der Waals surface area contributed by atoms with E-state index in [1.165, 1.54) is 41.2 Å². The topological polar surface area (TPSA) is 12.9 Å². The van der Waals surface area contributed by atoms with Crippen LogP contribution < -0.4 is 0 Å². The first kappa shape index (κ1) is 13.8. The molecular formula is C20H20N. The van der Waals surface area contributed by atoms with Gasteiger partial charge in [-0.1, -0.05) is 49.7 Å². The molecule has 0 saturated carbocycles. The first-order chi connectivity index (χ1) is 10.4. The van der Waals surface area contributed by atoms with Gasteiger partial charge in [-0.15, -0.1) is 0 Å². The van der Waals surface area contributed by atoms with Gasteiger partial charge in [-0.25, -0.2) is 0 Å². The summed E-state index contributed by atoms with van der Waals surface area (Å²) in [5.74, 6) is 0. The van der Waals surface area contributed by atoms with Gasteiger partial charge in [0.15, 0.2) is 0 Å². The van der Waals surface area contributed by atoms with Crippen LogP contribution in [-0.2, 0) is 12.8 Å². The van der Waals surface area contributed by atoms with Crippen LogP contribution >= 0.6 is 0 Å². The van der Waals surface area contributed by atoms with Crippen molar-refractivity contribution in [2.45, 2.75) is 32.6 Å². The van der Waals surface area contributed by atoms with Gasteiger partial charge in [0.25, 0.3) is 0 Å². The molecule has 0 aliphatic rings. The van der Waals surface area contributed by atoms with E-state index in [0.29, 0.717) is 0 Å². The van der Waals surface area contributed by atoms with E-state index >= 15 is 0 Å². The summed E-state index contributed by atoms with van der Waals surface area (Å²) in [5, 5.41) is 2.44. The normalized spacial score (nSPS) is 10.9. The molecule has 3 aromatic rings. The van der Waals surface area contributed by atoms with Crippen LogP contribution in [0.25, 0.3) is 10.8 Å². The highest BCUT2D eigenvalue weighted by molar-refractivity contribution is 5.84. The Morgan fingerprint density at radius 1 is 1.00 bits per heavy atom. The number of nitrogens with zero attached hydrogens (tertiary/aromatic N) is 1. The minimum absolute atomic E-state index is 0.884. The van der Waals surface area contributed by atoms with Crippen molar-refractivity contribution in [1.82, 2.24) is 4.98 Å². The first-order valence-electron chi connectivity index (χ1n) is 7.68. The van der Waals surface area contributed by atoms with Gasteiger partial charge in [0.1, 0.15) is 0 Å². The second-order valence-electron chi connectivity index (χ2n) is 5.50. The van der Waals surface area contributed by atoms with E-state index < -0.39 is 0 Å². The Balaban J connectivity index is 1.82. The molecule has 0 aliphatic carbocycles. The van der Waals surface area contributed by atoms with Crippen LogP contribution in [0.4, 0.5) is 0 Å². The molecule has 0 bridgehead atoms. The molecule has 2 aromatic carbocycles. The van der Waals surface area contributed by atoms with E-state index in [2.05, 4.69) is 48.3 Å². The van der Waals surface area contributed by atoms with Crippen molar-refractivity contribution >= 4 is 10.8 Å². The molecule has 0 spiro atoms. The molecule has 0 fully saturated rings. The van der Waals surface area contributed by atoms with Crippen LogP contribution in [0.2, 0.25) is 0 Å². The third-order valence-corrected chi connectivity index (χ3v) is 3.90. The lowest BCUT2D eigenvalue weighted by molar-refractivity contribution is 0.794. The van der Waals surface area contributed by atoms with Gasteiger partial charge in [0.05, 0.1) is 5.69 Å². The van der Waals surface area contributed by atoms with Crippen molar-refractivity contribution in [3.05, 3.63) is 77.6 Å². The SMILES string of the molecule is CCCCc1ccc(Cc2nccc3c[c]ccc23)cc1. The average Bonchev–Trinajstić information content (AvgIpc) is 2.55. The van der Waals surface area contributed by atoms with Crippen LogP contribution in [0.3, 0.4) is 0 Å². The summed E-state index contributed by atoms with van der Waals surface area (Å²) >= 11 is 0. The number of rotatable bonds is 5. The summed E-state index contributed by atoms with van der Waals surface area (Å²) in [4.78, 5) is 4.56. The Kier molecular flexibility index (Phi) is 4.30. The maximum Gasteiger partial charge on any atom is 0.0525 e. The Morgan fingerprint density at radius 2 is 1.81 bits per heavy atom. The van der Waals surface area contributed by atoms with Crippen molar-refractivity contribution in [3.8, 4) is 0 Å². The Morgan fingerprint density at radius 3 is 2.62 bits per heavy atom. The van der Waals surface area contributed by atoms with Gasteiger partial charge in [0.2, 0.25) is 0 Å². The molecule has 0 unspecified atom stereocenters. The predicted octanol–water partition coefficient (Wildman–Crippen LogP) is 4.97. The highest BCUT2D eigenvalue weighted by atomic mass is 14.7. The van der Waals surface area contributed by atoms with E-state index in [4.69, 9.17) is 0 Å². The highest BCUT2D eigenvalue weighted by Crippen LogP contribution is 2.19. The number of aryl methyl sites for hydroxylation is 1. The second-order valence-corrected chi connectivity index (χ2v) is 5.50. The standard InChI is InChI=1S/C20H20N/c1-2-3-6-16-9-11-17(12-10-16)15-20-19-8-5-4-7-18(19)13-14-21-20/h5,7-14H,2-3,6,15H2,1H3. The summed E-state index contributed by atoms with van der Waals surface area (Å²) in [6, 6.07) is 20.2. The molecule has 1 aromatic heterocycles. The van der Waals surface area contributed by atoms with Crippen molar-refractivity contribution in [2.24, 2.45) is 0 Å². The summed E-state index contributed by atoms with van der Waals surface area (Å²) in [6.45, 7) is 2.23. The van der Waals surface area contributed by atoms with Crippen LogP contribution in [0, 0.1) is 6.07 Å². The molecule has 1 nitrogen and oxygen atoms in total. The molecule has 0 amide bonds. The van der Waals surface area contributed by atoms with E-state index in [-0.39, 0.29) is 0 Å². The van der Waals surface area contributed by atoms with Gasteiger partial charge in [0, 0.05) is 18.0 Å². The van der Waals surface area contributed by atoms with Gasteiger partial charge in [-0.3, -0.25) is 4.98 Å². The first-order valence-corrected chi connectivity index (χ1v) is 7.68. The third-order valence-electron chi connectivity index (χ3n) is 3.90. The average molecular weight is 274 g/mol. The number of fused-ring (bicyclic) bond motifs is 1. The van der Waals surface area contributed by atoms with Gasteiger partial charge < -0.3 is 0 Å². The molecule has 21 heavy (non-hydrogen) atoms. The van der Waals surface area contributed by atoms with Crippen molar-refractivity contribution in [2.75, 3.05) is 0 Å². The molecule has 3 rings (SSSR count). The molecule has 0 aliphatic heterocycles. The maximum atomic E-state index is 4.56. The molecule has 1 radical (unpaired) electrons. The maximum absolute atomic E-state index is 4.56. The Bertz CT molecular complexity index is 708. The Hall–Kier alpha value is -2.15. The summed E-state index contributed by atoms with van der Waals surface area (Å²) < 4.78 is 0. The van der Waals surface area contributed by atoms with Crippen LogP contribution in [0.1, 0.15) is 36.6 Å². The van der Waals surface area contributed by atoms with Crippen molar-refractivity contribution in [1.29, 1.82) is 0 Å². The van der Waals surface area contributed by atoms with Crippen molar-refractivity contribution < 1.29 is 0 Å². The fraction of sp³-hybridized carbons (Fsp3) is 0.250. The fourth-order valence-corrected chi connectivity index (χ4v) is 2.66. The molecule has 0 atom stereocenters. The number of unbranched alkanes of at least 4 members (excludes halogenated alkanes) is 1. The lowest BCUT2D eigenvalue weighted by Gasteiger charge is -2.07. The molecule has 0 N–H and O–H groups in total. The molecule has 1 heteroatoms. The van der Waals surface area contributed by atoms with Crippen LogP contribution in [0.5, 0.6) is 0 Å². The minimum atomic E-state index is 0.884. The number of aromatic nitrogens is 1. The molecular weight excluding hydrogens is 254 g/mol. The summed E-state index contributed by atoms with van der Waals surface area (Å²) in [5.41, 5.74) is 3.90. The molecule has 0 saturated heterocycles. The molecule has 1 heterocycles. The minimum Gasteiger partial charge on any atom is -0.260 e. The van der Waals surface area contributed by atoms with Crippen LogP contribution in [-0.4, -0.2) is 4.98 Å². The van der Waals surface area contributed by atoms with Crippen LogP contribution in [0.15, 0.2) is 54.7 Å². The predicted molar refractivity (Wildman–Crippen MR) is 88.4 cm³/mol. The lowest BCUT2D eigenvalue weighted by Crippen LogP contribution is -1.94. The van der Waals surface area contributed by atoms with Crippen molar-refractivity contribution in [3.63, 3.8) is 0 Å². The van der Waals surface area contributed by atoms with Gasteiger partial charge in [-0.2, -0.15) is 0 Å². The summed E-state index contributed by atoms with van der Waals surface area (Å²) in [6.07, 6.45) is 6.47. The number of pyridine rings is 1. The number of hydrogen-bond acceptors (Lipinski definition) is 1. The lowest BCUT2D eigenvalue weighted by atomic mass is 10.0. The number of hydrogen-bond donors (Lipinski definition) is 0. The quantitative estimate of drug-likeness (QED) is 0.640. The smallest absolute Gasteiger partial charge is 0.0525 e. The second kappa shape index (κ2) is 6.53. The third kappa shape index (κ3) is 3.30. The largest absolute Gasteiger partial charge is 0.260 e. The van der Waals surface area contributed by atoms with Gasteiger partial charge >= 0.3 is 0 Å². The van der Waals surface area contributed by atoms with Gasteiger partial charge in [-0.05, 0) is 47.6 Å². The monoisotopic (exact) mass is 274 g/mol. The van der Waals surface area contributed by atoms with E-state index in [0.717, 1.165) is 12.1 Å². The van der Waals surface area contributed by atoms with E-state index in [1.54, 1.807) is 0 Å². The fourth-order valence-electron chi connectivity index (χ4n) is 2.66. The van der Waals surface area contributed by atoms with E-state index in [1.807, 2.05) is 24.4 Å².